The molecule has 3 nitrogen and oxygen atoms in total. The van der Waals surface area contributed by atoms with E-state index in [1.165, 1.54) is 19.4 Å². The molecule has 0 aromatic rings. The molecule has 2 aliphatic rings. The Hall–Kier alpha value is -0.120. The lowest BCUT2D eigenvalue weighted by atomic mass is 9.98. The van der Waals surface area contributed by atoms with Crippen molar-refractivity contribution in [2.24, 2.45) is 0 Å². The van der Waals surface area contributed by atoms with Crippen LogP contribution < -0.4 is 5.32 Å². The van der Waals surface area contributed by atoms with Crippen molar-refractivity contribution in [3.63, 3.8) is 0 Å². The highest BCUT2D eigenvalue weighted by molar-refractivity contribution is 4.89. The molecule has 0 aromatic carbocycles. The molecule has 0 saturated carbocycles. The van der Waals surface area contributed by atoms with E-state index in [-0.39, 0.29) is 0 Å². The maximum atomic E-state index is 5.80. The van der Waals surface area contributed by atoms with Crippen LogP contribution in [0.5, 0.6) is 0 Å². The molecule has 0 aliphatic carbocycles. The Balaban J connectivity index is 1.89. The maximum absolute atomic E-state index is 5.80. The van der Waals surface area contributed by atoms with E-state index in [9.17, 15) is 0 Å². The first-order chi connectivity index (χ1) is 6.81. The Morgan fingerprint density at radius 1 is 1.57 bits per heavy atom. The molecule has 82 valence electrons. The third-order valence-electron chi connectivity index (χ3n) is 3.65. The molecule has 3 heteroatoms. The summed E-state index contributed by atoms with van der Waals surface area (Å²) in [6.07, 6.45) is 2.92. The summed E-state index contributed by atoms with van der Waals surface area (Å²) < 4.78 is 5.80. The zero-order chi connectivity index (χ0) is 9.97. The van der Waals surface area contributed by atoms with Gasteiger partial charge in [-0.15, -0.1) is 0 Å². The first kappa shape index (κ1) is 10.4. The molecule has 2 heterocycles. The van der Waals surface area contributed by atoms with Crippen molar-refractivity contribution in [2.45, 2.75) is 44.9 Å². The van der Waals surface area contributed by atoms with Crippen LogP contribution >= 0.6 is 0 Å². The lowest BCUT2D eigenvalue weighted by molar-refractivity contribution is -0.0550. The van der Waals surface area contributed by atoms with Gasteiger partial charge in [-0.1, -0.05) is 6.92 Å². The standard InChI is InChI=1S/C11H22N2O/c1-3-9(2)13-6-4-10-11(8-13)14-7-5-12-10/h9-12H,3-8H2,1-2H3/t9?,10-,11-/m1/s1. The number of rotatable bonds is 2. The van der Waals surface area contributed by atoms with Gasteiger partial charge in [-0.05, 0) is 19.8 Å². The average Bonchev–Trinajstić information content (AvgIpc) is 2.27. The number of hydrogen-bond acceptors (Lipinski definition) is 3. The quantitative estimate of drug-likeness (QED) is 0.712. The summed E-state index contributed by atoms with van der Waals surface area (Å²) in [7, 11) is 0. The van der Waals surface area contributed by atoms with Crippen LogP contribution in [0.3, 0.4) is 0 Å². The molecule has 0 radical (unpaired) electrons. The highest BCUT2D eigenvalue weighted by atomic mass is 16.5. The molecule has 2 fully saturated rings. The van der Waals surface area contributed by atoms with Crippen molar-refractivity contribution in [1.29, 1.82) is 0 Å². The number of nitrogens with zero attached hydrogens (tertiary/aromatic N) is 1. The summed E-state index contributed by atoms with van der Waals surface area (Å²) >= 11 is 0. The number of morpholine rings is 1. The predicted octanol–water partition coefficient (Wildman–Crippen LogP) is 0.848. The Morgan fingerprint density at radius 3 is 3.21 bits per heavy atom. The van der Waals surface area contributed by atoms with Gasteiger partial charge in [0.05, 0.1) is 12.7 Å². The highest BCUT2D eigenvalue weighted by Gasteiger charge is 2.32. The monoisotopic (exact) mass is 198 g/mol. The normalized spacial score (nSPS) is 36.4. The largest absolute Gasteiger partial charge is 0.374 e. The Labute approximate surface area is 86.8 Å². The van der Waals surface area contributed by atoms with Crippen LogP contribution in [0.1, 0.15) is 26.7 Å². The molecule has 0 bridgehead atoms. The van der Waals surface area contributed by atoms with Gasteiger partial charge in [0.15, 0.2) is 0 Å². The Kier molecular flexibility index (Phi) is 3.42. The van der Waals surface area contributed by atoms with Gasteiger partial charge in [-0.3, -0.25) is 4.90 Å². The smallest absolute Gasteiger partial charge is 0.0855 e. The fourth-order valence-corrected chi connectivity index (χ4v) is 2.46. The molecule has 2 saturated heterocycles. The van der Waals surface area contributed by atoms with Crippen molar-refractivity contribution in [3.8, 4) is 0 Å². The number of likely N-dealkylation sites (tertiary alicyclic amines) is 1. The lowest BCUT2D eigenvalue weighted by Crippen LogP contribution is -2.58. The zero-order valence-corrected chi connectivity index (χ0v) is 9.33. The molecular weight excluding hydrogens is 176 g/mol. The molecular formula is C11H22N2O. The molecule has 1 unspecified atom stereocenters. The second-order valence-corrected chi connectivity index (χ2v) is 4.51. The van der Waals surface area contributed by atoms with Gasteiger partial charge in [-0.2, -0.15) is 0 Å². The van der Waals surface area contributed by atoms with E-state index >= 15 is 0 Å². The minimum absolute atomic E-state index is 0.437. The van der Waals surface area contributed by atoms with Crippen LogP contribution in [0.15, 0.2) is 0 Å². The van der Waals surface area contributed by atoms with Crippen molar-refractivity contribution in [2.75, 3.05) is 26.2 Å². The van der Waals surface area contributed by atoms with E-state index in [1.807, 2.05) is 0 Å². The second-order valence-electron chi connectivity index (χ2n) is 4.51. The van der Waals surface area contributed by atoms with E-state index in [4.69, 9.17) is 4.74 Å². The van der Waals surface area contributed by atoms with Crippen molar-refractivity contribution >= 4 is 0 Å². The third-order valence-corrected chi connectivity index (χ3v) is 3.65. The van der Waals surface area contributed by atoms with Crippen LogP contribution in [-0.2, 0) is 4.74 Å². The zero-order valence-electron chi connectivity index (χ0n) is 9.33. The number of fused-ring (bicyclic) bond motifs is 1. The molecule has 14 heavy (non-hydrogen) atoms. The van der Waals surface area contributed by atoms with Gasteiger partial charge in [0.1, 0.15) is 0 Å². The van der Waals surface area contributed by atoms with Gasteiger partial charge in [0.2, 0.25) is 0 Å². The number of hydrogen-bond donors (Lipinski definition) is 1. The van der Waals surface area contributed by atoms with Gasteiger partial charge in [-0.25, -0.2) is 0 Å². The van der Waals surface area contributed by atoms with Crippen molar-refractivity contribution < 1.29 is 4.74 Å². The number of ether oxygens (including phenoxy) is 1. The first-order valence-electron chi connectivity index (χ1n) is 5.90. The highest BCUT2D eigenvalue weighted by Crippen LogP contribution is 2.19. The van der Waals surface area contributed by atoms with Crippen LogP contribution in [0.4, 0.5) is 0 Å². The topological polar surface area (TPSA) is 24.5 Å². The first-order valence-corrected chi connectivity index (χ1v) is 5.90. The number of nitrogens with one attached hydrogen (secondary N) is 1. The molecule has 0 spiro atoms. The van der Waals surface area contributed by atoms with Gasteiger partial charge in [0, 0.05) is 31.7 Å². The predicted molar refractivity (Wildman–Crippen MR) is 57.5 cm³/mol. The van der Waals surface area contributed by atoms with Crippen LogP contribution in [0, 0.1) is 0 Å². The molecule has 2 aliphatic heterocycles. The Morgan fingerprint density at radius 2 is 2.43 bits per heavy atom. The minimum Gasteiger partial charge on any atom is -0.374 e. The van der Waals surface area contributed by atoms with E-state index in [2.05, 4.69) is 24.1 Å². The van der Waals surface area contributed by atoms with Crippen LogP contribution in [-0.4, -0.2) is 49.3 Å². The summed E-state index contributed by atoms with van der Waals surface area (Å²) in [5.41, 5.74) is 0. The van der Waals surface area contributed by atoms with Gasteiger partial charge >= 0.3 is 0 Å². The van der Waals surface area contributed by atoms with E-state index < -0.39 is 0 Å². The number of piperidine rings is 1. The van der Waals surface area contributed by atoms with E-state index in [0.29, 0.717) is 18.2 Å². The fourth-order valence-electron chi connectivity index (χ4n) is 2.46. The van der Waals surface area contributed by atoms with E-state index in [0.717, 1.165) is 19.7 Å². The fraction of sp³-hybridized carbons (Fsp3) is 1.00. The SMILES string of the molecule is CCC(C)N1CC[C@H]2NCCO[C@@H]2C1. The molecule has 0 aromatic heterocycles. The summed E-state index contributed by atoms with van der Waals surface area (Å²) in [4.78, 5) is 2.56. The lowest BCUT2D eigenvalue weighted by Gasteiger charge is -2.43. The van der Waals surface area contributed by atoms with Gasteiger partial charge < -0.3 is 10.1 Å². The van der Waals surface area contributed by atoms with Crippen LogP contribution in [0.2, 0.25) is 0 Å². The third kappa shape index (κ3) is 2.10. The maximum Gasteiger partial charge on any atom is 0.0855 e. The van der Waals surface area contributed by atoms with Crippen LogP contribution in [0.25, 0.3) is 0 Å². The van der Waals surface area contributed by atoms with E-state index in [1.54, 1.807) is 0 Å². The molecule has 1 N–H and O–H groups in total. The molecule has 3 atom stereocenters. The minimum atomic E-state index is 0.437. The van der Waals surface area contributed by atoms with Crippen molar-refractivity contribution in [3.05, 3.63) is 0 Å². The Bertz CT molecular complexity index is 186. The summed E-state index contributed by atoms with van der Waals surface area (Å²) in [5.74, 6) is 0. The second kappa shape index (κ2) is 4.60. The average molecular weight is 198 g/mol. The summed E-state index contributed by atoms with van der Waals surface area (Å²) in [6, 6.07) is 1.32. The summed E-state index contributed by atoms with van der Waals surface area (Å²) in [5, 5.41) is 3.55. The van der Waals surface area contributed by atoms with Crippen molar-refractivity contribution in [1.82, 2.24) is 10.2 Å². The summed E-state index contributed by atoms with van der Waals surface area (Å²) in [6.45, 7) is 8.84. The van der Waals surface area contributed by atoms with Gasteiger partial charge in [0.25, 0.3) is 0 Å². The molecule has 0 amide bonds. The molecule has 2 rings (SSSR count).